The van der Waals surface area contributed by atoms with E-state index in [2.05, 4.69) is 10.6 Å². The maximum atomic E-state index is 13.5. The summed E-state index contributed by atoms with van der Waals surface area (Å²) in [6, 6.07) is 3.57. The summed E-state index contributed by atoms with van der Waals surface area (Å²) in [6.45, 7) is 0.644. The van der Waals surface area contributed by atoms with Crippen LogP contribution in [0.15, 0.2) is 18.2 Å². The first-order valence-corrected chi connectivity index (χ1v) is 6.03. The van der Waals surface area contributed by atoms with Crippen molar-refractivity contribution in [2.75, 3.05) is 11.9 Å². The lowest BCUT2D eigenvalue weighted by atomic mass is 10.1. The summed E-state index contributed by atoms with van der Waals surface area (Å²) in [5.41, 5.74) is -0.105. The monoisotopic (exact) mass is 267 g/mol. The van der Waals surface area contributed by atoms with Crippen LogP contribution in [0.4, 0.5) is 15.8 Å². The fourth-order valence-corrected chi connectivity index (χ4v) is 2.08. The maximum Gasteiger partial charge on any atom is 0.304 e. The fraction of sp³-hybridized carbons (Fsp3) is 0.417. The van der Waals surface area contributed by atoms with Crippen molar-refractivity contribution in [3.05, 3.63) is 34.1 Å². The molecule has 1 atom stereocenters. The van der Waals surface area contributed by atoms with Gasteiger partial charge in [-0.05, 0) is 18.9 Å². The molecule has 0 saturated carbocycles. The largest absolute Gasteiger partial charge is 0.382 e. The number of nitro groups is 1. The van der Waals surface area contributed by atoms with Crippen molar-refractivity contribution in [1.29, 1.82) is 0 Å². The summed E-state index contributed by atoms with van der Waals surface area (Å²) in [5, 5.41) is 16.3. The molecule has 1 aromatic carbocycles. The molecule has 19 heavy (non-hydrogen) atoms. The average molecular weight is 267 g/mol. The average Bonchev–Trinajstić information content (AvgIpc) is 2.53. The van der Waals surface area contributed by atoms with Gasteiger partial charge in [-0.15, -0.1) is 0 Å². The summed E-state index contributed by atoms with van der Waals surface area (Å²) in [5.74, 6) is -0.926. The second-order valence-electron chi connectivity index (χ2n) is 4.46. The molecule has 102 valence electrons. The van der Waals surface area contributed by atoms with Crippen LogP contribution in [0, 0.1) is 15.9 Å². The minimum Gasteiger partial charge on any atom is -0.382 e. The van der Waals surface area contributed by atoms with Crippen LogP contribution in [0.25, 0.3) is 0 Å². The Bertz CT molecular complexity index is 507. The van der Waals surface area contributed by atoms with Gasteiger partial charge >= 0.3 is 5.69 Å². The van der Waals surface area contributed by atoms with Gasteiger partial charge in [0.15, 0.2) is 0 Å². The van der Waals surface area contributed by atoms with Crippen molar-refractivity contribution in [3.63, 3.8) is 0 Å². The fourth-order valence-electron chi connectivity index (χ4n) is 2.08. The van der Waals surface area contributed by atoms with Gasteiger partial charge in [-0.1, -0.05) is 0 Å². The van der Waals surface area contributed by atoms with Crippen molar-refractivity contribution in [2.45, 2.75) is 25.3 Å². The lowest BCUT2D eigenvalue weighted by molar-refractivity contribution is -0.387. The summed E-state index contributed by atoms with van der Waals surface area (Å²) >= 11 is 0. The van der Waals surface area contributed by atoms with E-state index in [1.54, 1.807) is 0 Å². The lowest BCUT2D eigenvalue weighted by Gasteiger charge is -2.16. The molecular weight excluding hydrogens is 253 g/mol. The Morgan fingerprint density at radius 3 is 2.95 bits per heavy atom. The second kappa shape index (κ2) is 5.64. The van der Waals surface area contributed by atoms with Gasteiger partial charge < -0.3 is 10.6 Å². The van der Waals surface area contributed by atoms with Crippen LogP contribution >= 0.6 is 0 Å². The summed E-state index contributed by atoms with van der Waals surface area (Å²) in [6.07, 6.45) is 1.95. The highest BCUT2D eigenvalue weighted by Crippen LogP contribution is 2.22. The van der Waals surface area contributed by atoms with E-state index in [1.807, 2.05) is 0 Å². The number of amides is 1. The van der Waals surface area contributed by atoms with E-state index in [4.69, 9.17) is 0 Å². The molecule has 0 radical (unpaired) electrons. The van der Waals surface area contributed by atoms with Gasteiger partial charge in [0.1, 0.15) is 0 Å². The number of nitro benzene ring substituents is 1. The Morgan fingerprint density at radius 1 is 1.47 bits per heavy atom. The summed E-state index contributed by atoms with van der Waals surface area (Å²) in [7, 11) is 0. The molecule has 1 amide bonds. The molecule has 0 aliphatic carbocycles. The molecule has 6 nitrogen and oxygen atoms in total. The van der Waals surface area contributed by atoms with Gasteiger partial charge in [0.2, 0.25) is 11.7 Å². The number of carbonyl (C=O) groups excluding carboxylic acids is 1. The Morgan fingerprint density at radius 2 is 2.26 bits per heavy atom. The first-order chi connectivity index (χ1) is 9.06. The van der Waals surface area contributed by atoms with E-state index in [0.29, 0.717) is 18.7 Å². The highest BCUT2D eigenvalue weighted by atomic mass is 19.1. The Kier molecular flexibility index (Phi) is 3.94. The molecule has 0 bridgehead atoms. The zero-order chi connectivity index (χ0) is 13.8. The standard InChI is InChI=1S/C12H14FN3O3/c13-10-6-9(3-4-11(10)16(18)19)15-8-2-1-5-14-12(17)7-8/h3-4,6,8,15H,1-2,5,7H2,(H,14,17). The van der Waals surface area contributed by atoms with Crippen molar-refractivity contribution in [3.8, 4) is 0 Å². The van der Waals surface area contributed by atoms with Crippen LogP contribution in [0.1, 0.15) is 19.3 Å². The third-order valence-corrected chi connectivity index (χ3v) is 3.00. The van der Waals surface area contributed by atoms with E-state index in [-0.39, 0.29) is 11.9 Å². The summed E-state index contributed by atoms with van der Waals surface area (Å²) in [4.78, 5) is 21.1. The van der Waals surface area contributed by atoms with Gasteiger partial charge in [0, 0.05) is 36.8 Å². The molecule has 1 aromatic rings. The SMILES string of the molecule is O=C1CC(Nc2ccc([N+](=O)[O-])c(F)c2)CCCN1. The van der Waals surface area contributed by atoms with Gasteiger partial charge in [0.25, 0.3) is 0 Å². The zero-order valence-corrected chi connectivity index (χ0v) is 10.2. The smallest absolute Gasteiger partial charge is 0.304 e. The molecule has 1 aliphatic heterocycles. The number of nitrogens with one attached hydrogen (secondary N) is 2. The van der Waals surface area contributed by atoms with Gasteiger partial charge in [-0.2, -0.15) is 4.39 Å². The number of hydrogen-bond acceptors (Lipinski definition) is 4. The minimum absolute atomic E-state index is 0.0441. The van der Waals surface area contributed by atoms with Gasteiger partial charge in [-0.3, -0.25) is 14.9 Å². The van der Waals surface area contributed by atoms with E-state index in [9.17, 15) is 19.3 Å². The Balaban J connectivity index is 2.08. The maximum absolute atomic E-state index is 13.5. The van der Waals surface area contributed by atoms with E-state index in [1.165, 1.54) is 6.07 Å². The Labute approximate surface area is 109 Å². The Hall–Kier alpha value is -2.18. The summed E-state index contributed by atoms with van der Waals surface area (Å²) < 4.78 is 13.5. The number of rotatable bonds is 3. The van der Waals surface area contributed by atoms with Crippen molar-refractivity contribution >= 4 is 17.3 Å². The van der Waals surface area contributed by atoms with Crippen LogP contribution in [0.5, 0.6) is 0 Å². The molecular formula is C12H14FN3O3. The van der Waals surface area contributed by atoms with Gasteiger partial charge in [0.05, 0.1) is 4.92 Å². The molecule has 0 spiro atoms. The van der Waals surface area contributed by atoms with Crippen LogP contribution < -0.4 is 10.6 Å². The van der Waals surface area contributed by atoms with Crippen LogP contribution in [-0.2, 0) is 4.79 Å². The second-order valence-corrected chi connectivity index (χ2v) is 4.46. The predicted octanol–water partition coefficient (Wildman–Crippen LogP) is 1.81. The normalized spacial score (nSPS) is 19.4. The number of carbonyl (C=O) groups is 1. The number of hydrogen-bond donors (Lipinski definition) is 2. The third kappa shape index (κ3) is 3.40. The molecule has 2 rings (SSSR count). The minimum atomic E-state index is -0.881. The molecule has 1 unspecified atom stereocenters. The predicted molar refractivity (Wildman–Crippen MR) is 67.3 cm³/mol. The number of benzene rings is 1. The first-order valence-electron chi connectivity index (χ1n) is 6.03. The molecule has 0 aromatic heterocycles. The van der Waals surface area contributed by atoms with Crippen molar-refractivity contribution in [2.24, 2.45) is 0 Å². The molecule has 1 saturated heterocycles. The zero-order valence-electron chi connectivity index (χ0n) is 10.2. The number of halogens is 1. The molecule has 1 fully saturated rings. The highest BCUT2D eigenvalue weighted by Gasteiger charge is 2.19. The van der Waals surface area contributed by atoms with E-state index < -0.39 is 16.4 Å². The molecule has 1 aliphatic rings. The molecule has 2 N–H and O–H groups in total. The van der Waals surface area contributed by atoms with Crippen molar-refractivity contribution in [1.82, 2.24) is 5.32 Å². The van der Waals surface area contributed by atoms with E-state index in [0.717, 1.165) is 25.0 Å². The number of nitrogens with zero attached hydrogens (tertiary/aromatic N) is 1. The highest BCUT2D eigenvalue weighted by molar-refractivity contribution is 5.77. The van der Waals surface area contributed by atoms with Crippen LogP contribution in [0.2, 0.25) is 0 Å². The molecule has 1 heterocycles. The third-order valence-electron chi connectivity index (χ3n) is 3.00. The van der Waals surface area contributed by atoms with Gasteiger partial charge in [-0.25, -0.2) is 0 Å². The van der Waals surface area contributed by atoms with Crippen LogP contribution in [-0.4, -0.2) is 23.4 Å². The molecule has 7 heteroatoms. The van der Waals surface area contributed by atoms with Crippen LogP contribution in [0.3, 0.4) is 0 Å². The quantitative estimate of drug-likeness (QED) is 0.646. The first kappa shape index (κ1) is 13.3. The number of anilines is 1. The lowest BCUT2D eigenvalue weighted by Crippen LogP contribution is -2.26. The topological polar surface area (TPSA) is 84.3 Å². The van der Waals surface area contributed by atoms with Crippen molar-refractivity contribution < 1.29 is 14.1 Å². The van der Waals surface area contributed by atoms with E-state index >= 15 is 0 Å².